The van der Waals surface area contributed by atoms with E-state index in [9.17, 15) is 74.4 Å². The van der Waals surface area contributed by atoms with Gasteiger partial charge in [0.2, 0.25) is 29.5 Å². The molecule has 7 rings (SSSR count). The lowest BCUT2D eigenvalue weighted by atomic mass is 9.86. The molecule has 478 valence electrons. The number of nitrogens with zero attached hydrogens (tertiary/aromatic N) is 3. The molecule has 0 aliphatic carbocycles. The SMILES string of the molecule is CCCCCOc1ccc(-c2ccc(-c3ccc(C(=O)N[C@H]4C[C@@H](O)[C@@H](OCC[N+](C)(C)C)NC(=O)[C@@H]5[C@@H](O)[C@@H](C)CN5C(=O)[C@H]([C@@H](C)O)NC(=O)[C@H]([C@H](O)[C@@H](O)c5ccc(O)cc5)CC(=O)[C@@H]5C[C@@H](O)CN5C(=O)[C@H]([C@@H](C)O)NC4=O)cc3)cc2)cc1. The number of likely N-dealkylation sites (N-methyl/N-ethyl adjacent to an activating group) is 1. The van der Waals surface area contributed by atoms with Gasteiger partial charge in [0.15, 0.2) is 12.0 Å². The van der Waals surface area contributed by atoms with E-state index < -0.39 is 158 Å². The number of hydrogen-bond donors (Lipinski definition) is 12. The highest BCUT2D eigenvalue weighted by Gasteiger charge is 2.50. The molecule has 24 heteroatoms. The second kappa shape index (κ2) is 30.2. The molecule has 3 fully saturated rings. The highest BCUT2D eigenvalue weighted by Crippen LogP contribution is 2.32. The Morgan fingerprint density at radius 3 is 1.78 bits per heavy atom. The van der Waals surface area contributed by atoms with Crippen LogP contribution in [0.5, 0.6) is 11.5 Å². The molecular weight excluding hydrogens is 1140 g/mol. The predicted molar refractivity (Wildman–Crippen MR) is 321 cm³/mol. The van der Waals surface area contributed by atoms with Crippen LogP contribution in [0.3, 0.4) is 0 Å². The maximum atomic E-state index is 14.8. The molecule has 15 atom stereocenters. The number of amides is 6. The molecule has 24 nitrogen and oxygen atoms in total. The first-order valence-electron chi connectivity index (χ1n) is 29.9. The van der Waals surface area contributed by atoms with Crippen molar-refractivity contribution in [3.8, 4) is 33.8 Å². The van der Waals surface area contributed by atoms with Crippen LogP contribution >= 0.6 is 0 Å². The number of rotatable bonds is 18. The van der Waals surface area contributed by atoms with Crippen molar-refractivity contribution in [2.75, 3.05) is 54.0 Å². The molecule has 88 heavy (non-hydrogen) atoms. The standard InChI is InChI=1S/C64H85N7O17/c1-8-9-10-28-87-46-25-21-41(22-26-46)39-13-11-38(12-14-39)40-15-17-43(18-16-40)58(81)65-48-32-51(77)62(88-29-27-71(5,6)7)68-61(84)54-55(78)35(2)33-70(54)64(86)53(37(4)73)66-59(82)47(57(80)56(79)42-19-23-44(74)24-20-42)31-50(76)49-30-45(75)34-69(49)63(85)52(36(3)72)67-60(48)83/h11-26,35-37,45,47-49,51-57,62,72-73,75,77-80H,8-10,27-34H2,1-7H3,(H4-,65,66,67,68,74,81,82,83,84)/p+1/t35-,36+,37+,45+,47-,48-,49-,51+,52-,53-,54-,55-,56-,57-,62+/m0/s1. The van der Waals surface area contributed by atoms with Crippen molar-refractivity contribution < 1.29 is 88.4 Å². The zero-order valence-electron chi connectivity index (χ0n) is 50.8. The van der Waals surface area contributed by atoms with Gasteiger partial charge in [0, 0.05) is 43.8 Å². The number of fused-ring (bicyclic) bond motifs is 2. The quantitative estimate of drug-likeness (QED) is 0.0486. The molecule has 4 aromatic rings. The smallest absolute Gasteiger partial charge is 0.251 e. The highest BCUT2D eigenvalue weighted by atomic mass is 16.5. The van der Waals surface area contributed by atoms with Crippen LogP contribution in [0.25, 0.3) is 22.3 Å². The van der Waals surface area contributed by atoms with E-state index in [1.165, 1.54) is 43.3 Å². The van der Waals surface area contributed by atoms with Gasteiger partial charge in [-0.1, -0.05) is 87.4 Å². The number of nitrogens with one attached hydrogen (secondary N) is 4. The average molecular weight is 1230 g/mol. The van der Waals surface area contributed by atoms with Gasteiger partial charge < -0.3 is 85.9 Å². The molecular formula is C64H86N7O17+. The van der Waals surface area contributed by atoms with E-state index in [0.717, 1.165) is 70.9 Å². The van der Waals surface area contributed by atoms with Crippen LogP contribution in [0.15, 0.2) is 97.1 Å². The second-order valence-electron chi connectivity index (χ2n) is 24.4. The fourth-order valence-electron chi connectivity index (χ4n) is 11.1. The fraction of sp³-hybridized carbons (Fsp3) is 0.516. The Balaban J connectivity index is 1.23. The van der Waals surface area contributed by atoms with E-state index >= 15 is 0 Å². The van der Waals surface area contributed by atoms with Crippen LogP contribution < -0.4 is 26.0 Å². The van der Waals surface area contributed by atoms with Crippen molar-refractivity contribution in [3.05, 3.63) is 108 Å². The van der Waals surface area contributed by atoms with Gasteiger partial charge >= 0.3 is 0 Å². The van der Waals surface area contributed by atoms with E-state index in [-0.39, 0.29) is 30.0 Å². The largest absolute Gasteiger partial charge is 0.508 e. The summed E-state index contributed by atoms with van der Waals surface area (Å²) in [5.74, 6) is -9.74. The summed E-state index contributed by atoms with van der Waals surface area (Å²) < 4.78 is 12.3. The van der Waals surface area contributed by atoms with Crippen molar-refractivity contribution in [1.82, 2.24) is 31.1 Å². The molecule has 3 aliphatic rings. The van der Waals surface area contributed by atoms with Gasteiger partial charge in [-0.05, 0) is 84.5 Å². The van der Waals surface area contributed by atoms with Gasteiger partial charge in [-0.3, -0.25) is 33.6 Å². The first-order chi connectivity index (χ1) is 41.6. The highest BCUT2D eigenvalue weighted by molar-refractivity contribution is 6.00. The van der Waals surface area contributed by atoms with Crippen molar-refractivity contribution in [2.45, 2.75) is 145 Å². The van der Waals surface area contributed by atoms with Gasteiger partial charge in [-0.25, -0.2) is 0 Å². The molecule has 6 amide bonds. The monoisotopic (exact) mass is 1220 g/mol. The molecule has 3 aliphatic heterocycles. The lowest BCUT2D eigenvalue weighted by Gasteiger charge is -2.34. The Hall–Kier alpha value is -7.39. The second-order valence-corrected chi connectivity index (χ2v) is 24.4. The zero-order chi connectivity index (χ0) is 64.3. The molecule has 3 saturated heterocycles. The number of aliphatic hydroxyl groups is 7. The minimum atomic E-state index is -2.18. The molecule has 0 bridgehead atoms. The van der Waals surface area contributed by atoms with Crippen LogP contribution in [-0.4, -0.2) is 223 Å². The molecule has 0 radical (unpaired) electrons. The van der Waals surface area contributed by atoms with Gasteiger partial charge in [0.1, 0.15) is 54.4 Å². The van der Waals surface area contributed by atoms with E-state index in [1.807, 2.05) is 69.7 Å². The number of phenolic OH excluding ortho intramolecular Hbond substituents is 1. The number of ether oxygens (including phenoxy) is 2. The van der Waals surface area contributed by atoms with Crippen LogP contribution in [0.1, 0.15) is 88.2 Å². The summed E-state index contributed by atoms with van der Waals surface area (Å²) in [7, 11) is 5.54. The third kappa shape index (κ3) is 17.3. The molecule has 12 N–H and O–H groups in total. The van der Waals surface area contributed by atoms with E-state index in [2.05, 4.69) is 28.2 Å². The first-order valence-corrected chi connectivity index (χ1v) is 29.9. The van der Waals surface area contributed by atoms with Gasteiger partial charge in [0.25, 0.3) is 5.91 Å². The van der Waals surface area contributed by atoms with Crippen LogP contribution in [0.4, 0.5) is 0 Å². The summed E-state index contributed by atoms with van der Waals surface area (Å²) >= 11 is 0. The van der Waals surface area contributed by atoms with Gasteiger partial charge in [0.05, 0.1) is 76.8 Å². The molecule has 0 aromatic heterocycles. The van der Waals surface area contributed by atoms with Crippen molar-refractivity contribution in [3.63, 3.8) is 0 Å². The average Bonchev–Trinajstić information content (AvgIpc) is 2.08. The third-order valence-corrected chi connectivity index (χ3v) is 16.4. The number of unbranched alkanes of at least 4 members (excludes halogenated alkanes) is 2. The molecule has 3 heterocycles. The summed E-state index contributed by atoms with van der Waals surface area (Å²) in [5, 5.41) is 101. The number of ketones is 1. The van der Waals surface area contributed by atoms with Crippen LogP contribution in [0.2, 0.25) is 0 Å². The maximum Gasteiger partial charge on any atom is 0.251 e. The maximum absolute atomic E-state index is 14.8. The fourth-order valence-corrected chi connectivity index (χ4v) is 11.1. The molecule has 0 spiro atoms. The number of phenols is 1. The van der Waals surface area contributed by atoms with Crippen molar-refractivity contribution in [1.29, 1.82) is 0 Å². The first kappa shape index (κ1) is 68.1. The lowest BCUT2D eigenvalue weighted by Crippen LogP contribution is -2.61. The number of quaternary nitrogens is 1. The number of aliphatic hydroxyl groups excluding tert-OH is 7. The van der Waals surface area contributed by atoms with E-state index in [0.29, 0.717) is 17.6 Å². The Kier molecular flexibility index (Phi) is 23.4. The Morgan fingerprint density at radius 1 is 0.682 bits per heavy atom. The third-order valence-electron chi connectivity index (χ3n) is 16.4. The molecule has 0 unspecified atom stereocenters. The van der Waals surface area contributed by atoms with Crippen molar-refractivity contribution in [2.24, 2.45) is 11.8 Å². The molecule has 0 saturated carbocycles. The number of hydrogen-bond acceptors (Lipinski definition) is 17. The summed E-state index contributed by atoms with van der Waals surface area (Å²) in [6, 6.07) is 17.9. The summed E-state index contributed by atoms with van der Waals surface area (Å²) in [5.41, 5.74) is 3.54. The van der Waals surface area contributed by atoms with E-state index in [1.54, 1.807) is 12.1 Å². The Bertz CT molecular complexity index is 3030. The van der Waals surface area contributed by atoms with Gasteiger partial charge in [-0.2, -0.15) is 0 Å². The minimum absolute atomic E-state index is 0.0229. The number of aromatic hydroxyl groups is 1. The zero-order valence-corrected chi connectivity index (χ0v) is 50.8. The molecule has 4 aromatic carbocycles. The lowest BCUT2D eigenvalue weighted by molar-refractivity contribution is -0.870. The Labute approximate surface area is 512 Å². The summed E-state index contributed by atoms with van der Waals surface area (Å²) in [6.07, 6.45) is -13.2. The van der Waals surface area contributed by atoms with E-state index in [4.69, 9.17) is 9.47 Å². The minimum Gasteiger partial charge on any atom is -0.508 e. The Morgan fingerprint density at radius 2 is 1.23 bits per heavy atom. The normalized spacial score (nSPS) is 26.8. The van der Waals surface area contributed by atoms with Crippen LogP contribution in [0, 0.1) is 11.8 Å². The number of carbonyl (C=O) groups is 7. The number of carbonyl (C=O) groups excluding carboxylic acids is 7. The number of Topliss-reactive ketones (excluding diaryl/α,β-unsaturated/α-hetero) is 1. The van der Waals surface area contributed by atoms with Gasteiger partial charge in [-0.15, -0.1) is 0 Å². The summed E-state index contributed by atoms with van der Waals surface area (Å²) in [4.78, 5) is 104. The van der Waals surface area contributed by atoms with Crippen molar-refractivity contribution >= 4 is 41.2 Å². The van der Waals surface area contributed by atoms with Crippen LogP contribution in [-0.2, 0) is 33.5 Å². The predicted octanol–water partition coefficient (Wildman–Crippen LogP) is 0.894. The number of benzene rings is 4. The summed E-state index contributed by atoms with van der Waals surface area (Å²) in [6.45, 7) is 5.92. The topological polar surface area (TPSA) is 354 Å².